The van der Waals surface area contributed by atoms with Crippen molar-refractivity contribution in [2.24, 2.45) is 0 Å². The molecule has 2 unspecified atom stereocenters. The summed E-state index contributed by atoms with van der Waals surface area (Å²) in [5.74, 6) is 0.0921. The van der Waals surface area contributed by atoms with Crippen LogP contribution in [-0.4, -0.2) is 45.7 Å². The minimum Gasteiger partial charge on any atom is -0.356 e. The lowest BCUT2D eigenvalue weighted by molar-refractivity contribution is -0.158. The average Bonchev–Trinajstić information content (AvgIpc) is 3.09. The molecule has 5 rings (SSSR count). The van der Waals surface area contributed by atoms with Crippen molar-refractivity contribution in [2.75, 3.05) is 13.1 Å². The minimum atomic E-state index is -0.440. The number of carbonyl (C=O) groups is 2. The van der Waals surface area contributed by atoms with E-state index in [-0.39, 0.29) is 24.4 Å². The number of carbonyl (C=O) groups excluding carboxylic acids is 2. The van der Waals surface area contributed by atoms with Gasteiger partial charge in [0.15, 0.2) is 0 Å². The topological polar surface area (TPSA) is 56.4 Å². The number of hydrogen-bond donors (Lipinski definition) is 1. The van der Waals surface area contributed by atoms with E-state index in [2.05, 4.69) is 17.1 Å². The fourth-order valence-electron chi connectivity index (χ4n) is 4.76. The van der Waals surface area contributed by atoms with Crippen LogP contribution in [0.2, 0.25) is 0 Å². The van der Waals surface area contributed by atoms with E-state index in [9.17, 15) is 9.59 Å². The molecular weight excluding hydrogens is 350 g/mol. The van der Waals surface area contributed by atoms with Gasteiger partial charge in [-0.25, -0.2) is 0 Å². The van der Waals surface area contributed by atoms with Crippen molar-refractivity contribution in [1.29, 1.82) is 0 Å². The zero-order valence-corrected chi connectivity index (χ0v) is 15.9. The number of amides is 2. The summed E-state index contributed by atoms with van der Waals surface area (Å²) in [6.07, 6.45) is 1.42. The van der Waals surface area contributed by atoms with Gasteiger partial charge < -0.3 is 14.8 Å². The predicted octanol–water partition coefficient (Wildman–Crippen LogP) is 3.26. The van der Waals surface area contributed by atoms with Gasteiger partial charge in [-0.1, -0.05) is 55.5 Å². The highest BCUT2D eigenvalue weighted by atomic mass is 16.2. The van der Waals surface area contributed by atoms with Crippen molar-refractivity contribution in [3.63, 3.8) is 0 Å². The number of fused-ring (bicyclic) bond motifs is 4. The maximum absolute atomic E-state index is 13.3. The Kier molecular flexibility index (Phi) is 3.97. The Hall–Kier alpha value is -3.08. The fourth-order valence-corrected chi connectivity index (χ4v) is 4.76. The number of piperazine rings is 1. The molecule has 2 aliphatic rings. The van der Waals surface area contributed by atoms with Crippen molar-refractivity contribution in [1.82, 2.24) is 14.8 Å². The second-order valence-corrected chi connectivity index (χ2v) is 7.66. The third-order valence-electron chi connectivity index (χ3n) is 5.95. The van der Waals surface area contributed by atoms with Crippen LogP contribution in [0, 0.1) is 0 Å². The molecule has 1 aromatic heterocycles. The average molecular weight is 373 g/mol. The second-order valence-electron chi connectivity index (χ2n) is 7.66. The van der Waals surface area contributed by atoms with E-state index in [4.69, 9.17) is 0 Å². The Morgan fingerprint density at radius 2 is 1.79 bits per heavy atom. The normalized spacial score (nSPS) is 21.8. The van der Waals surface area contributed by atoms with Crippen LogP contribution in [0.3, 0.4) is 0 Å². The number of hydrogen-bond acceptors (Lipinski definition) is 2. The molecular formula is C23H23N3O2. The van der Waals surface area contributed by atoms with Crippen LogP contribution in [0.1, 0.15) is 36.2 Å². The first-order valence-electron chi connectivity index (χ1n) is 9.93. The molecule has 0 aliphatic carbocycles. The number of para-hydroxylation sites is 1. The number of H-pyrrole nitrogens is 1. The smallest absolute Gasteiger partial charge is 0.246 e. The van der Waals surface area contributed by atoms with Crippen molar-refractivity contribution >= 4 is 22.7 Å². The molecule has 1 N–H and O–H groups in total. The summed E-state index contributed by atoms with van der Waals surface area (Å²) >= 11 is 0. The summed E-state index contributed by atoms with van der Waals surface area (Å²) in [5.41, 5.74) is 4.28. The van der Waals surface area contributed by atoms with E-state index < -0.39 is 6.04 Å². The predicted molar refractivity (Wildman–Crippen MR) is 108 cm³/mol. The van der Waals surface area contributed by atoms with Gasteiger partial charge in [0.25, 0.3) is 0 Å². The first-order valence-corrected chi connectivity index (χ1v) is 9.93. The van der Waals surface area contributed by atoms with Crippen molar-refractivity contribution in [2.45, 2.75) is 31.8 Å². The highest BCUT2D eigenvalue weighted by Crippen LogP contribution is 2.42. The molecule has 0 spiro atoms. The molecule has 2 aromatic carbocycles. The Bertz CT molecular complexity index is 1060. The van der Waals surface area contributed by atoms with Gasteiger partial charge in [-0.3, -0.25) is 9.59 Å². The van der Waals surface area contributed by atoms with Gasteiger partial charge in [-0.15, -0.1) is 0 Å². The molecule has 5 nitrogen and oxygen atoms in total. The van der Waals surface area contributed by atoms with Gasteiger partial charge in [0.2, 0.25) is 11.8 Å². The standard InChI is InChI=1S/C23H23N3O2/c1-2-12-25-14-20(27)26-19(23(25)28)13-17-16-10-6-7-11-18(16)24-21(17)22(26)15-8-4-3-5-9-15/h3-11,19,22,24H,2,12-14H2,1H3. The Morgan fingerprint density at radius 3 is 2.57 bits per heavy atom. The van der Waals surface area contributed by atoms with Gasteiger partial charge in [-0.05, 0) is 23.6 Å². The fraction of sp³-hybridized carbons (Fsp3) is 0.304. The van der Waals surface area contributed by atoms with Crippen LogP contribution < -0.4 is 0 Å². The minimum absolute atomic E-state index is 0.0243. The quantitative estimate of drug-likeness (QED) is 0.766. The van der Waals surface area contributed by atoms with Crippen molar-refractivity contribution in [3.05, 3.63) is 71.4 Å². The van der Waals surface area contributed by atoms with Crippen LogP contribution in [0.5, 0.6) is 0 Å². The number of nitrogens with zero attached hydrogens (tertiary/aromatic N) is 2. The third-order valence-corrected chi connectivity index (χ3v) is 5.95. The van der Waals surface area contributed by atoms with Crippen LogP contribution in [0.15, 0.2) is 54.6 Å². The summed E-state index contributed by atoms with van der Waals surface area (Å²) in [6, 6.07) is 17.5. The number of rotatable bonds is 3. The SMILES string of the molecule is CCCN1CC(=O)N2C(Cc3c([nH]c4ccccc34)C2c2ccccc2)C1=O. The molecule has 1 fully saturated rings. The van der Waals surface area contributed by atoms with E-state index >= 15 is 0 Å². The molecule has 2 atom stereocenters. The van der Waals surface area contributed by atoms with Crippen molar-refractivity contribution < 1.29 is 9.59 Å². The van der Waals surface area contributed by atoms with Crippen LogP contribution in [-0.2, 0) is 16.0 Å². The van der Waals surface area contributed by atoms with Crippen LogP contribution >= 0.6 is 0 Å². The Labute approximate surface area is 163 Å². The monoisotopic (exact) mass is 373 g/mol. The molecule has 28 heavy (non-hydrogen) atoms. The largest absolute Gasteiger partial charge is 0.356 e. The highest BCUT2D eigenvalue weighted by molar-refractivity contribution is 5.97. The maximum atomic E-state index is 13.3. The van der Waals surface area contributed by atoms with Gasteiger partial charge in [0.05, 0.1) is 12.6 Å². The molecule has 3 aromatic rings. The second kappa shape index (κ2) is 6.51. The third kappa shape index (κ3) is 2.46. The molecule has 2 aliphatic heterocycles. The van der Waals surface area contributed by atoms with E-state index in [1.807, 2.05) is 54.3 Å². The van der Waals surface area contributed by atoms with Crippen LogP contribution in [0.25, 0.3) is 10.9 Å². The summed E-state index contributed by atoms with van der Waals surface area (Å²) in [6.45, 7) is 2.84. The summed E-state index contributed by atoms with van der Waals surface area (Å²) in [4.78, 5) is 33.5. The number of aromatic amines is 1. The first kappa shape index (κ1) is 17.0. The summed E-state index contributed by atoms with van der Waals surface area (Å²) in [5, 5.41) is 1.14. The molecule has 142 valence electrons. The molecule has 1 saturated heterocycles. The number of nitrogens with one attached hydrogen (secondary N) is 1. The summed E-state index contributed by atoms with van der Waals surface area (Å²) in [7, 11) is 0. The molecule has 0 radical (unpaired) electrons. The van der Waals surface area contributed by atoms with E-state index in [1.165, 1.54) is 0 Å². The van der Waals surface area contributed by atoms with Crippen molar-refractivity contribution in [3.8, 4) is 0 Å². The van der Waals surface area contributed by atoms with Gasteiger partial charge in [-0.2, -0.15) is 0 Å². The van der Waals surface area contributed by atoms with E-state index in [0.717, 1.165) is 34.1 Å². The lowest BCUT2D eigenvalue weighted by Crippen LogP contribution is -2.63. The zero-order chi connectivity index (χ0) is 19.3. The van der Waals surface area contributed by atoms with Gasteiger partial charge >= 0.3 is 0 Å². The van der Waals surface area contributed by atoms with Gasteiger partial charge in [0, 0.05) is 29.6 Å². The molecule has 0 saturated carbocycles. The first-order chi connectivity index (χ1) is 13.7. The van der Waals surface area contributed by atoms with E-state index in [0.29, 0.717) is 13.0 Å². The highest BCUT2D eigenvalue weighted by Gasteiger charge is 2.47. The molecule has 3 heterocycles. The lowest BCUT2D eigenvalue weighted by atomic mass is 9.86. The van der Waals surface area contributed by atoms with Gasteiger partial charge in [0.1, 0.15) is 6.04 Å². The molecule has 0 bridgehead atoms. The molecule has 5 heteroatoms. The Morgan fingerprint density at radius 1 is 1.04 bits per heavy atom. The maximum Gasteiger partial charge on any atom is 0.246 e. The number of benzene rings is 2. The number of aromatic nitrogens is 1. The Balaban J connectivity index is 1.71. The summed E-state index contributed by atoms with van der Waals surface area (Å²) < 4.78 is 0. The lowest BCUT2D eigenvalue weighted by Gasteiger charge is -2.47. The van der Waals surface area contributed by atoms with Crippen LogP contribution in [0.4, 0.5) is 0 Å². The zero-order valence-electron chi connectivity index (χ0n) is 15.9. The molecule has 2 amide bonds. The van der Waals surface area contributed by atoms with E-state index in [1.54, 1.807) is 4.90 Å².